The molecule has 36 heavy (non-hydrogen) atoms. The van der Waals surface area contributed by atoms with E-state index in [-0.39, 0.29) is 5.91 Å². The van der Waals surface area contributed by atoms with Crippen molar-refractivity contribution in [2.45, 2.75) is 51.6 Å². The first-order valence-electron chi connectivity index (χ1n) is 12.7. The van der Waals surface area contributed by atoms with Crippen LogP contribution < -0.4 is 10.2 Å². The van der Waals surface area contributed by atoms with Gasteiger partial charge in [0.25, 0.3) is 5.91 Å². The summed E-state index contributed by atoms with van der Waals surface area (Å²) >= 11 is 0. The van der Waals surface area contributed by atoms with Crippen LogP contribution in [0.15, 0.2) is 90.2 Å². The van der Waals surface area contributed by atoms with Gasteiger partial charge in [0.15, 0.2) is 0 Å². The average Bonchev–Trinajstić information content (AvgIpc) is 2.95. The van der Waals surface area contributed by atoms with Gasteiger partial charge in [-0.2, -0.15) is 5.10 Å². The number of hydrogen-bond acceptors (Lipinski definition) is 4. The minimum absolute atomic E-state index is 0.237. The summed E-state index contributed by atoms with van der Waals surface area (Å²) < 4.78 is 6.00. The van der Waals surface area contributed by atoms with Gasteiger partial charge in [-0.15, -0.1) is 0 Å². The molecule has 1 saturated carbocycles. The summed E-state index contributed by atoms with van der Waals surface area (Å²) in [5.41, 5.74) is 8.26. The quantitative estimate of drug-likeness (QED) is 0.230. The number of para-hydroxylation sites is 1. The maximum atomic E-state index is 12.6. The number of benzene rings is 3. The lowest BCUT2D eigenvalue weighted by molar-refractivity contribution is 0.0955. The molecule has 0 spiro atoms. The fraction of sp³-hybridized carbons (Fsp3) is 0.258. The molecule has 1 amide bonds. The van der Waals surface area contributed by atoms with Crippen molar-refractivity contribution in [3.05, 3.63) is 107 Å². The third-order valence-corrected chi connectivity index (χ3v) is 6.94. The van der Waals surface area contributed by atoms with E-state index in [1.807, 2.05) is 49.4 Å². The number of nitrogens with zero attached hydrogens (tertiary/aromatic N) is 2. The molecule has 0 atom stereocenters. The number of nitrogens with one attached hydrogen (secondary N) is 1. The van der Waals surface area contributed by atoms with Crippen LogP contribution in [0.3, 0.4) is 0 Å². The molecular formula is C31H31N3O2. The van der Waals surface area contributed by atoms with Gasteiger partial charge in [-0.1, -0.05) is 73.9 Å². The Morgan fingerprint density at radius 1 is 0.917 bits per heavy atom. The number of aromatic nitrogens is 1. The number of rotatable bonds is 7. The zero-order valence-electron chi connectivity index (χ0n) is 20.6. The van der Waals surface area contributed by atoms with Crippen molar-refractivity contribution in [3.63, 3.8) is 0 Å². The predicted molar refractivity (Wildman–Crippen MR) is 144 cm³/mol. The van der Waals surface area contributed by atoms with Gasteiger partial charge in [-0.05, 0) is 66.6 Å². The second kappa shape index (κ2) is 11.2. The van der Waals surface area contributed by atoms with E-state index in [1.54, 1.807) is 18.3 Å². The van der Waals surface area contributed by atoms with Gasteiger partial charge in [-0.3, -0.25) is 9.78 Å². The van der Waals surface area contributed by atoms with E-state index in [0.717, 1.165) is 33.5 Å². The molecule has 0 aliphatic heterocycles. The molecule has 1 heterocycles. The number of amides is 1. The van der Waals surface area contributed by atoms with Gasteiger partial charge < -0.3 is 4.74 Å². The minimum atomic E-state index is -0.237. The van der Waals surface area contributed by atoms with E-state index >= 15 is 0 Å². The first-order valence-corrected chi connectivity index (χ1v) is 12.7. The van der Waals surface area contributed by atoms with Crippen LogP contribution in [0.1, 0.15) is 72.0 Å². The first kappa shape index (κ1) is 23.7. The molecule has 1 fully saturated rings. The lowest BCUT2D eigenvalue weighted by Crippen LogP contribution is -2.19. The Labute approximate surface area is 212 Å². The van der Waals surface area contributed by atoms with E-state index in [0.29, 0.717) is 18.1 Å². The second-order valence-electron chi connectivity index (χ2n) is 9.41. The molecule has 0 bridgehead atoms. The van der Waals surface area contributed by atoms with Crippen LogP contribution in [0.4, 0.5) is 0 Å². The Morgan fingerprint density at radius 2 is 1.64 bits per heavy atom. The summed E-state index contributed by atoms with van der Waals surface area (Å²) in [5, 5.41) is 5.37. The van der Waals surface area contributed by atoms with E-state index in [4.69, 9.17) is 4.74 Å². The highest BCUT2D eigenvalue weighted by Crippen LogP contribution is 2.32. The Kier molecular flexibility index (Phi) is 7.36. The lowest BCUT2D eigenvalue weighted by atomic mass is 9.84. The summed E-state index contributed by atoms with van der Waals surface area (Å²) in [6.07, 6.45) is 8.35. The molecule has 1 aliphatic rings. The Hall–Kier alpha value is -3.99. The summed E-state index contributed by atoms with van der Waals surface area (Å²) in [6.45, 7) is 2.31. The molecule has 5 nitrogen and oxygen atoms in total. The molecule has 5 rings (SSSR count). The average molecular weight is 478 g/mol. The van der Waals surface area contributed by atoms with Crippen LogP contribution in [-0.2, 0) is 6.61 Å². The van der Waals surface area contributed by atoms with Crippen molar-refractivity contribution in [3.8, 4) is 5.75 Å². The fourth-order valence-electron chi connectivity index (χ4n) is 4.80. The highest BCUT2D eigenvalue weighted by atomic mass is 16.5. The maximum Gasteiger partial charge on any atom is 0.271 e. The normalized spacial score (nSPS) is 14.5. The van der Waals surface area contributed by atoms with Crippen molar-refractivity contribution in [1.29, 1.82) is 0 Å². The minimum Gasteiger partial charge on any atom is -0.487 e. The molecule has 0 unspecified atom stereocenters. The summed E-state index contributed by atoms with van der Waals surface area (Å²) in [4.78, 5) is 17.0. The molecule has 1 N–H and O–H groups in total. The van der Waals surface area contributed by atoms with E-state index in [2.05, 4.69) is 39.8 Å². The third kappa shape index (κ3) is 5.62. The largest absolute Gasteiger partial charge is 0.487 e. The molecule has 0 radical (unpaired) electrons. The number of hydrogen-bond donors (Lipinski definition) is 1. The van der Waals surface area contributed by atoms with Gasteiger partial charge in [0.2, 0.25) is 0 Å². The number of fused-ring (bicyclic) bond motifs is 1. The first-order chi connectivity index (χ1) is 17.7. The summed E-state index contributed by atoms with van der Waals surface area (Å²) in [7, 11) is 0. The summed E-state index contributed by atoms with van der Waals surface area (Å²) in [5.74, 6) is 1.19. The van der Waals surface area contributed by atoms with Crippen molar-refractivity contribution in [1.82, 2.24) is 10.4 Å². The van der Waals surface area contributed by atoms with Gasteiger partial charge >= 0.3 is 0 Å². The van der Waals surface area contributed by atoms with Crippen molar-refractivity contribution >= 4 is 22.5 Å². The number of carbonyl (C=O) groups is 1. The number of hydrazone groups is 1. The molecule has 1 aromatic heterocycles. The van der Waals surface area contributed by atoms with Crippen LogP contribution in [0.2, 0.25) is 0 Å². The van der Waals surface area contributed by atoms with Crippen molar-refractivity contribution < 1.29 is 9.53 Å². The molecule has 0 saturated heterocycles. The summed E-state index contributed by atoms with van der Waals surface area (Å²) in [6, 6.07) is 25.8. The molecule has 3 aromatic carbocycles. The number of carbonyl (C=O) groups excluding carboxylic acids is 1. The van der Waals surface area contributed by atoms with Gasteiger partial charge in [-0.25, -0.2) is 5.43 Å². The third-order valence-electron chi connectivity index (χ3n) is 6.94. The van der Waals surface area contributed by atoms with Gasteiger partial charge in [0.05, 0.1) is 5.71 Å². The van der Waals surface area contributed by atoms with Crippen LogP contribution in [0.25, 0.3) is 10.9 Å². The van der Waals surface area contributed by atoms with Crippen molar-refractivity contribution in [2.75, 3.05) is 0 Å². The molecule has 182 valence electrons. The monoisotopic (exact) mass is 477 g/mol. The highest BCUT2D eigenvalue weighted by molar-refractivity contribution is 6.00. The standard InChI is InChI=1S/C31H31N3O2/c1-22(24-16-18-26(19-17-24)25-7-3-2-4-8-25)33-34-31(35)28-14-12-23(13-15-28)21-36-29-11-5-9-27-10-6-20-32-30(27)29/h5-6,9-20,25H,2-4,7-8,21H2,1H3,(H,34,35). The van der Waals surface area contributed by atoms with Crippen LogP contribution in [0, 0.1) is 0 Å². The van der Waals surface area contributed by atoms with E-state index in [1.165, 1.54) is 37.7 Å². The Bertz CT molecular complexity index is 1350. The zero-order valence-corrected chi connectivity index (χ0v) is 20.6. The number of pyridine rings is 1. The fourth-order valence-corrected chi connectivity index (χ4v) is 4.80. The molecule has 5 heteroatoms. The van der Waals surface area contributed by atoms with Crippen LogP contribution in [-0.4, -0.2) is 16.6 Å². The van der Waals surface area contributed by atoms with E-state index < -0.39 is 0 Å². The Balaban J connectivity index is 1.17. The number of ether oxygens (including phenoxy) is 1. The van der Waals surface area contributed by atoms with E-state index in [9.17, 15) is 4.79 Å². The van der Waals surface area contributed by atoms with Crippen molar-refractivity contribution in [2.24, 2.45) is 5.10 Å². The smallest absolute Gasteiger partial charge is 0.271 e. The molecule has 1 aliphatic carbocycles. The molecule has 4 aromatic rings. The maximum absolute atomic E-state index is 12.6. The highest BCUT2D eigenvalue weighted by Gasteiger charge is 2.15. The SMILES string of the molecule is CC(=NNC(=O)c1ccc(COc2cccc3cccnc23)cc1)c1ccc(C2CCCCC2)cc1. The lowest BCUT2D eigenvalue weighted by Gasteiger charge is -2.22. The Morgan fingerprint density at radius 3 is 2.42 bits per heavy atom. The van der Waals surface area contributed by atoms with Gasteiger partial charge in [0.1, 0.15) is 17.9 Å². The molecular weight excluding hydrogens is 446 g/mol. The van der Waals surface area contributed by atoms with Gasteiger partial charge in [0, 0.05) is 17.1 Å². The van der Waals surface area contributed by atoms with Crippen LogP contribution in [0.5, 0.6) is 5.75 Å². The predicted octanol–water partition coefficient (Wildman–Crippen LogP) is 7.02. The van der Waals surface area contributed by atoms with Crippen LogP contribution >= 0.6 is 0 Å². The zero-order chi connectivity index (χ0) is 24.7. The topological polar surface area (TPSA) is 63.6 Å². The second-order valence-corrected chi connectivity index (χ2v) is 9.41.